The van der Waals surface area contributed by atoms with Crippen LogP contribution in [0.4, 0.5) is 0 Å². The van der Waals surface area contributed by atoms with Crippen molar-refractivity contribution in [2.75, 3.05) is 40.3 Å². The van der Waals surface area contributed by atoms with Crippen LogP contribution in [-0.4, -0.2) is 60.6 Å². The van der Waals surface area contributed by atoms with Gasteiger partial charge in [-0.05, 0) is 21.0 Å². The topological polar surface area (TPSA) is 36.1 Å². The Morgan fingerprint density at radius 2 is 2.33 bits per heavy atom. The summed E-state index contributed by atoms with van der Waals surface area (Å²) < 4.78 is 2.15. The summed E-state index contributed by atoms with van der Waals surface area (Å²) in [5.41, 5.74) is 0. The van der Waals surface area contributed by atoms with Crippen LogP contribution in [0.5, 0.6) is 0 Å². The lowest BCUT2D eigenvalue weighted by Gasteiger charge is -2.19. The molecule has 0 aromatic carbocycles. The molecule has 0 aliphatic carbocycles. The van der Waals surface area contributed by atoms with E-state index < -0.39 is 0 Å². The summed E-state index contributed by atoms with van der Waals surface area (Å²) in [6.45, 7) is 6.97. The van der Waals surface area contributed by atoms with E-state index in [0.29, 0.717) is 0 Å². The van der Waals surface area contributed by atoms with Gasteiger partial charge >= 0.3 is 0 Å². The zero-order valence-electron chi connectivity index (χ0n) is 11.3. The lowest BCUT2D eigenvalue weighted by Crippen LogP contribution is -2.34. The van der Waals surface area contributed by atoms with Crippen LogP contribution < -0.4 is 4.80 Å². The maximum atomic E-state index is 4.69. The predicted molar refractivity (Wildman–Crippen MR) is 76.0 cm³/mol. The standard InChI is InChI=1S/C12H21N5S/c1-4-16-9-10-18-12(16)14-11-13-5-6-17(11)8-7-15(2)3/h9-10H,4-8H2,1-3H3. The minimum absolute atomic E-state index is 0.865. The highest BCUT2D eigenvalue weighted by atomic mass is 32.1. The molecule has 0 fully saturated rings. The minimum atomic E-state index is 0.865. The lowest BCUT2D eigenvalue weighted by atomic mass is 10.5. The first-order valence-electron chi connectivity index (χ1n) is 6.33. The van der Waals surface area contributed by atoms with Crippen LogP contribution in [-0.2, 0) is 6.54 Å². The van der Waals surface area contributed by atoms with Gasteiger partial charge in [0.1, 0.15) is 0 Å². The number of hydrogen-bond acceptors (Lipinski definition) is 5. The monoisotopic (exact) mass is 267 g/mol. The Labute approximate surface area is 112 Å². The van der Waals surface area contributed by atoms with E-state index in [4.69, 9.17) is 0 Å². The summed E-state index contributed by atoms with van der Waals surface area (Å²) in [5, 5.41) is 2.07. The zero-order chi connectivity index (χ0) is 13.0. The van der Waals surface area contributed by atoms with Crippen LogP contribution in [0.1, 0.15) is 6.92 Å². The van der Waals surface area contributed by atoms with Crippen molar-refractivity contribution in [3.63, 3.8) is 0 Å². The van der Waals surface area contributed by atoms with E-state index in [1.165, 1.54) is 0 Å². The highest BCUT2D eigenvalue weighted by Crippen LogP contribution is 2.03. The quantitative estimate of drug-likeness (QED) is 0.805. The van der Waals surface area contributed by atoms with Crippen molar-refractivity contribution in [2.24, 2.45) is 9.98 Å². The van der Waals surface area contributed by atoms with Crippen LogP contribution in [0.25, 0.3) is 0 Å². The Balaban J connectivity index is 2.10. The molecule has 0 spiro atoms. The molecule has 1 aliphatic heterocycles. The van der Waals surface area contributed by atoms with E-state index in [-0.39, 0.29) is 0 Å². The second-order valence-corrected chi connectivity index (χ2v) is 5.43. The lowest BCUT2D eigenvalue weighted by molar-refractivity contribution is 0.341. The molecule has 2 heterocycles. The average molecular weight is 267 g/mol. The summed E-state index contributed by atoms with van der Waals surface area (Å²) in [6, 6.07) is 0. The third-order valence-electron chi connectivity index (χ3n) is 2.92. The largest absolute Gasteiger partial charge is 0.338 e. The van der Waals surface area contributed by atoms with Crippen LogP contribution in [0.15, 0.2) is 21.6 Å². The van der Waals surface area contributed by atoms with E-state index in [1.54, 1.807) is 11.3 Å². The van der Waals surface area contributed by atoms with Crippen molar-refractivity contribution in [1.82, 2.24) is 14.4 Å². The van der Waals surface area contributed by atoms with Gasteiger partial charge in [-0.15, -0.1) is 11.3 Å². The van der Waals surface area contributed by atoms with E-state index in [9.17, 15) is 0 Å². The molecule has 2 rings (SSSR count). The number of nitrogens with zero attached hydrogens (tertiary/aromatic N) is 5. The fourth-order valence-corrected chi connectivity index (χ4v) is 2.61. The molecular weight excluding hydrogens is 246 g/mol. The minimum Gasteiger partial charge on any atom is -0.338 e. The van der Waals surface area contributed by atoms with Gasteiger partial charge in [-0.3, -0.25) is 0 Å². The summed E-state index contributed by atoms with van der Waals surface area (Å²) in [7, 11) is 4.18. The van der Waals surface area contributed by atoms with Crippen LogP contribution in [0.2, 0.25) is 0 Å². The number of likely N-dealkylation sites (N-methyl/N-ethyl adjacent to an activating group) is 1. The number of aliphatic imine (C=N–C) groups is 1. The fourth-order valence-electron chi connectivity index (χ4n) is 1.82. The molecule has 0 radical (unpaired) electrons. The molecule has 0 bridgehead atoms. The molecule has 0 unspecified atom stereocenters. The fraction of sp³-hybridized carbons (Fsp3) is 0.667. The first kappa shape index (κ1) is 13.3. The number of aromatic nitrogens is 1. The zero-order valence-corrected chi connectivity index (χ0v) is 12.2. The van der Waals surface area contributed by atoms with Crippen molar-refractivity contribution in [3.05, 3.63) is 16.4 Å². The Kier molecular flexibility index (Phi) is 4.54. The van der Waals surface area contributed by atoms with Gasteiger partial charge in [-0.25, -0.2) is 4.99 Å². The number of hydrogen-bond donors (Lipinski definition) is 0. The first-order chi connectivity index (χ1) is 8.70. The van der Waals surface area contributed by atoms with Crippen LogP contribution in [0, 0.1) is 0 Å². The molecule has 0 atom stereocenters. The average Bonchev–Trinajstić information content (AvgIpc) is 2.96. The molecule has 18 heavy (non-hydrogen) atoms. The van der Waals surface area contributed by atoms with Crippen LogP contribution in [0.3, 0.4) is 0 Å². The number of aryl methyl sites for hydroxylation is 1. The molecule has 5 nitrogen and oxygen atoms in total. The normalized spacial score (nSPS) is 16.8. The molecule has 1 aliphatic rings. The highest BCUT2D eigenvalue weighted by Gasteiger charge is 2.16. The predicted octanol–water partition coefficient (Wildman–Crippen LogP) is 0.703. The van der Waals surface area contributed by atoms with Crippen molar-refractivity contribution < 1.29 is 0 Å². The Hall–Kier alpha value is -1.14. The molecular formula is C12H21N5S. The van der Waals surface area contributed by atoms with Gasteiger partial charge in [0.15, 0.2) is 4.80 Å². The molecule has 6 heteroatoms. The van der Waals surface area contributed by atoms with Gasteiger partial charge in [-0.1, -0.05) is 0 Å². The Morgan fingerprint density at radius 3 is 3.06 bits per heavy atom. The van der Waals surface area contributed by atoms with Crippen molar-refractivity contribution in [2.45, 2.75) is 13.5 Å². The first-order valence-corrected chi connectivity index (χ1v) is 7.21. The summed E-state index contributed by atoms with van der Waals surface area (Å²) in [5.74, 6) is 0.890. The Morgan fingerprint density at radius 1 is 1.50 bits per heavy atom. The number of rotatable bonds is 4. The molecule has 0 saturated heterocycles. The smallest absolute Gasteiger partial charge is 0.223 e. The second-order valence-electron chi connectivity index (χ2n) is 4.56. The van der Waals surface area contributed by atoms with E-state index >= 15 is 0 Å². The molecule has 1 aromatic rings. The molecule has 0 N–H and O–H groups in total. The van der Waals surface area contributed by atoms with Crippen molar-refractivity contribution >= 4 is 17.3 Å². The summed E-state index contributed by atoms with van der Waals surface area (Å²) >= 11 is 1.67. The van der Waals surface area contributed by atoms with Gasteiger partial charge in [0.25, 0.3) is 0 Å². The van der Waals surface area contributed by atoms with E-state index in [2.05, 4.69) is 56.9 Å². The third-order valence-corrected chi connectivity index (χ3v) is 3.71. The molecule has 0 amide bonds. The maximum absolute atomic E-state index is 4.69. The van der Waals surface area contributed by atoms with Gasteiger partial charge in [0, 0.05) is 37.8 Å². The summed E-state index contributed by atoms with van der Waals surface area (Å²) in [4.78, 5) is 14.7. The number of thiazole rings is 1. The van der Waals surface area contributed by atoms with Crippen LogP contribution >= 0.6 is 11.3 Å². The summed E-state index contributed by atoms with van der Waals surface area (Å²) in [6.07, 6.45) is 2.07. The van der Waals surface area contributed by atoms with E-state index in [0.717, 1.165) is 43.5 Å². The van der Waals surface area contributed by atoms with Gasteiger partial charge in [0.2, 0.25) is 5.96 Å². The Bertz CT molecular complexity index is 471. The van der Waals surface area contributed by atoms with E-state index in [1.807, 2.05) is 0 Å². The van der Waals surface area contributed by atoms with Crippen molar-refractivity contribution in [1.29, 1.82) is 0 Å². The molecule has 100 valence electrons. The highest BCUT2D eigenvalue weighted by molar-refractivity contribution is 7.07. The van der Waals surface area contributed by atoms with Gasteiger partial charge in [-0.2, -0.15) is 4.99 Å². The SMILES string of the molecule is CCn1ccsc1=NC1=NCCN1CCN(C)C. The third kappa shape index (κ3) is 3.20. The van der Waals surface area contributed by atoms with Gasteiger partial charge < -0.3 is 14.4 Å². The van der Waals surface area contributed by atoms with Crippen molar-refractivity contribution in [3.8, 4) is 0 Å². The second kappa shape index (κ2) is 6.15. The molecule has 1 aromatic heterocycles. The molecule has 0 saturated carbocycles. The van der Waals surface area contributed by atoms with Gasteiger partial charge in [0.05, 0.1) is 6.54 Å². The number of guanidine groups is 1. The maximum Gasteiger partial charge on any atom is 0.223 e.